The highest BCUT2D eigenvalue weighted by Gasteiger charge is 2.78. The number of carbonyl (C=O) groups is 4. The fourth-order valence-electron chi connectivity index (χ4n) is 5.89. The third-order valence-electron chi connectivity index (χ3n) is 7.59. The maximum absolute atomic E-state index is 14.1. The molecule has 2 bridgehead atoms. The summed E-state index contributed by atoms with van der Waals surface area (Å²) < 4.78 is 49.1. The second-order valence-electron chi connectivity index (χ2n) is 9.31. The van der Waals surface area contributed by atoms with Gasteiger partial charge in [-0.05, 0) is 44.7 Å². The lowest BCUT2D eigenvalue weighted by Gasteiger charge is -2.47. The summed E-state index contributed by atoms with van der Waals surface area (Å²) in [5.74, 6) is -4.35. The molecule has 11 nitrogen and oxygen atoms in total. The number of methoxy groups -OCH3 is 4. The molecule has 1 aromatic carbocycles. The van der Waals surface area contributed by atoms with Crippen molar-refractivity contribution in [2.24, 2.45) is 10.8 Å². The van der Waals surface area contributed by atoms with E-state index < -0.39 is 62.7 Å². The molecule has 2 aliphatic rings. The van der Waals surface area contributed by atoms with Gasteiger partial charge in [-0.3, -0.25) is 9.59 Å². The molecule has 1 saturated heterocycles. The summed E-state index contributed by atoms with van der Waals surface area (Å²) in [4.78, 5) is 53.4. The van der Waals surface area contributed by atoms with Crippen LogP contribution in [0.5, 0.6) is 0 Å². The summed E-state index contributed by atoms with van der Waals surface area (Å²) in [5.41, 5.74) is -5.60. The van der Waals surface area contributed by atoms with Gasteiger partial charge < -0.3 is 18.9 Å². The minimum Gasteiger partial charge on any atom is -0.468 e. The van der Waals surface area contributed by atoms with Crippen molar-refractivity contribution < 1.29 is 46.5 Å². The Kier molecular flexibility index (Phi) is 7.58. The number of hydrogen-bond acceptors (Lipinski definition) is 10. The fraction of sp³-hybridized carbons (Fsp3) is 0.520. The van der Waals surface area contributed by atoms with Crippen LogP contribution in [0, 0.1) is 17.8 Å². The maximum Gasteiger partial charge on any atom is 0.340 e. The third-order valence-corrected chi connectivity index (χ3v) is 9.54. The summed E-state index contributed by atoms with van der Waals surface area (Å²) in [6.07, 6.45) is 0.348. The molecule has 2 atom stereocenters. The highest BCUT2D eigenvalue weighted by atomic mass is 32.2. The fourth-order valence-corrected chi connectivity index (χ4v) is 7.87. The summed E-state index contributed by atoms with van der Waals surface area (Å²) >= 11 is 0. The number of nitrogens with zero attached hydrogens (tertiary/aromatic N) is 1. The lowest BCUT2D eigenvalue weighted by Crippen LogP contribution is -2.69. The van der Waals surface area contributed by atoms with Crippen molar-refractivity contribution in [1.82, 2.24) is 4.31 Å². The van der Waals surface area contributed by atoms with Crippen LogP contribution in [-0.4, -0.2) is 76.6 Å². The second-order valence-corrected chi connectivity index (χ2v) is 11.1. The van der Waals surface area contributed by atoms with Gasteiger partial charge in [0.15, 0.2) is 5.41 Å². The van der Waals surface area contributed by atoms with E-state index in [4.69, 9.17) is 18.9 Å². The van der Waals surface area contributed by atoms with Gasteiger partial charge in [-0.2, -0.15) is 4.31 Å². The quantitative estimate of drug-likeness (QED) is 0.217. The zero-order valence-electron chi connectivity index (χ0n) is 21.4. The average Bonchev–Trinajstić information content (AvgIpc) is 3.07. The van der Waals surface area contributed by atoms with Crippen LogP contribution in [0.25, 0.3) is 0 Å². The van der Waals surface area contributed by atoms with Crippen LogP contribution in [0.2, 0.25) is 0 Å². The molecule has 1 aliphatic heterocycles. The second kappa shape index (κ2) is 9.90. The van der Waals surface area contributed by atoms with E-state index in [9.17, 15) is 27.6 Å². The summed E-state index contributed by atoms with van der Waals surface area (Å²) in [7, 11) is -0.328. The van der Waals surface area contributed by atoms with Gasteiger partial charge in [0.25, 0.3) is 0 Å². The van der Waals surface area contributed by atoms with Crippen molar-refractivity contribution in [1.29, 1.82) is 0 Å². The van der Waals surface area contributed by atoms with Crippen LogP contribution in [0.3, 0.4) is 0 Å². The van der Waals surface area contributed by atoms with Crippen molar-refractivity contribution in [3.8, 4) is 0 Å². The van der Waals surface area contributed by atoms with Crippen LogP contribution >= 0.6 is 0 Å². The van der Waals surface area contributed by atoms with E-state index in [-0.39, 0.29) is 24.2 Å². The van der Waals surface area contributed by atoms with Gasteiger partial charge in [0, 0.05) is 11.5 Å². The number of fused-ring (bicyclic) bond motifs is 2. The standard InChI is InChI=1S/C25H31NO10S/c1-7-23-14-17(12-13-24(15-23,19(27)33-3)20(28)34-4)26(25(23,21(29)35-5)22(30)36-6)37(31,32)18-10-8-16(2)9-11-18/h7-11,17H,1,12-15H2,2-6H3. The van der Waals surface area contributed by atoms with Gasteiger partial charge in [0.1, 0.15) is 0 Å². The maximum atomic E-state index is 14.1. The number of sulfonamides is 1. The largest absolute Gasteiger partial charge is 0.468 e. The number of carbonyl (C=O) groups excluding carboxylic acids is 4. The highest BCUT2D eigenvalue weighted by molar-refractivity contribution is 7.89. The molecule has 0 N–H and O–H groups in total. The molecule has 1 heterocycles. The van der Waals surface area contributed by atoms with E-state index in [0.29, 0.717) is 0 Å². The van der Waals surface area contributed by atoms with Crippen molar-refractivity contribution in [2.45, 2.75) is 49.1 Å². The van der Waals surface area contributed by atoms with E-state index in [1.165, 1.54) is 18.2 Å². The van der Waals surface area contributed by atoms with E-state index >= 15 is 0 Å². The predicted molar refractivity (Wildman–Crippen MR) is 128 cm³/mol. The molecule has 2 fully saturated rings. The topological polar surface area (TPSA) is 143 Å². The van der Waals surface area contributed by atoms with E-state index in [1.54, 1.807) is 19.1 Å². The Labute approximate surface area is 215 Å². The van der Waals surface area contributed by atoms with Crippen molar-refractivity contribution in [3.63, 3.8) is 0 Å². The number of aryl methyl sites for hydroxylation is 1. The molecule has 0 amide bonds. The molecule has 202 valence electrons. The first kappa shape index (κ1) is 28.3. The van der Waals surface area contributed by atoms with Gasteiger partial charge in [-0.25, -0.2) is 18.0 Å². The molecule has 0 spiro atoms. The predicted octanol–water partition coefficient (Wildman–Crippen LogP) is 1.53. The average molecular weight is 538 g/mol. The Bertz CT molecular complexity index is 1190. The SMILES string of the molecule is C=CC12CC(CCC(C(=O)OC)(C(=O)OC)C1)N(S(=O)(=O)c1ccc(C)cc1)C2(C(=O)OC)C(=O)OC. The van der Waals surface area contributed by atoms with E-state index in [2.05, 4.69) is 6.58 Å². The molecule has 0 radical (unpaired) electrons. The molecule has 12 heteroatoms. The molecule has 0 aromatic heterocycles. The number of esters is 4. The Morgan fingerprint density at radius 3 is 1.84 bits per heavy atom. The first-order valence-corrected chi connectivity index (χ1v) is 12.9. The lowest BCUT2D eigenvalue weighted by molar-refractivity contribution is -0.183. The van der Waals surface area contributed by atoms with Crippen LogP contribution in [0.1, 0.15) is 31.2 Å². The van der Waals surface area contributed by atoms with Gasteiger partial charge in [-0.15, -0.1) is 6.58 Å². The molecular formula is C25H31NO10S. The van der Waals surface area contributed by atoms with Crippen LogP contribution < -0.4 is 0 Å². The number of hydrogen-bond donors (Lipinski definition) is 0. The summed E-state index contributed by atoms with van der Waals surface area (Å²) in [5, 5.41) is 0. The van der Waals surface area contributed by atoms with Crippen LogP contribution in [-0.2, 0) is 48.1 Å². The van der Waals surface area contributed by atoms with Gasteiger partial charge >= 0.3 is 23.9 Å². The molecule has 2 unspecified atom stereocenters. The smallest absolute Gasteiger partial charge is 0.340 e. The minimum absolute atomic E-state index is 0.0827. The molecular weight excluding hydrogens is 506 g/mol. The Morgan fingerprint density at radius 2 is 1.41 bits per heavy atom. The zero-order chi connectivity index (χ0) is 27.8. The monoisotopic (exact) mass is 537 g/mol. The summed E-state index contributed by atoms with van der Waals surface area (Å²) in [6.45, 7) is 5.60. The Balaban J connectivity index is 2.43. The molecule has 37 heavy (non-hydrogen) atoms. The first-order valence-electron chi connectivity index (χ1n) is 11.5. The molecule has 1 saturated carbocycles. The van der Waals surface area contributed by atoms with Crippen LogP contribution in [0.15, 0.2) is 41.8 Å². The number of benzene rings is 1. The third kappa shape index (κ3) is 3.84. The minimum atomic E-state index is -4.53. The van der Waals surface area contributed by atoms with Crippen LogP contribution in [0.4, 0.5) is 0 Å². The number of ether oxygens (including phenoxy) is 4. The molecule has 3 rings (SSSR count). The Hall–Kier alpha value is -3.25. The first-order chi connectivity index (χ1) is 17.4. The molecule has 1 aliphatic carbocycles. The van der Waals surface area contributed by atoms with Crippen molar-refractivity contribution >= 4 is 33.9 Å². The molecule has 1 aromatic rings. The van der Waals surface area contributed by atoms with Crippen molar-refractivity contribution in [2.75, 3.05) is 28.4 Å². The van der Waals surface area contributed by atoms with Gasteiger partial charge in [0.2, 0.25) is 15.6 Å². The lowest BCUT2D eigenvalue weighted by atomic mass is 9.61. The normalized spacial score (nSPS) is 24.3. The highest BCUT2D eigenvalue weighted by Crippen LogP contribution is 2.62. The van der Waals surface area contributed by atoms with Gasteiger partial charge in [-0.1, -0.05) is 23.8 Å². The van der Waals surface area contributed by atoms with Gasteiger partial charge in [0.05, 0.1) is 33.3 Å². The summed E-state index contributed by atoms with van der Waals surface area (Å²) in [6, 6.07) is 4.89. The zero-order valence-corrected chi connectivity index (χ0v) is 22.3. The Morgan fingerprint density at radius 1 is 0.919 bits per heavy atom. The van der Waals surface area contributed by atoms with E-state index in [0.717, 1.165) is 38.3 Å². The van der Waals surface area contributed by atoms with Crippen molar-refractivity contribution in [3.05, 3.63) is 42.5 Å². The number of rotatable bonds is 7. The van der Waals surface area contributed by atoms with E-state index in [1.807, 2.05) is 0 Å².